The summed E-state index contributed by atoms with van der Waals surface area (Å²) in [4.78, 5) is 0. The molecule has 0 amide bonds. The lowest BCUT2D eigenvalue weighted by Gasteiger charge is -2.06. The van der Waals surface area contributed by atoms with E-state index in [-0.39, 0.29) is 6.04 Å². The molecule has 0 aliphatic carbocycles. The summed E-state index contributed by atoms with van der Waals surface area (Å²) in [6.07, 6.45) is 4.08. The normalized spacial score (nSPS) is 13.2. The molecule has 1 atom stereocenters. The molecular weight excluding hydrogens is 220 g/mol. The predicted molar refractivity (Wildman–Crippen MR) is 69.9 cm³/mol. The molecule has 3 heteroatoms. The number of benzene rings is 1. The van der Waals surface area contributed by atoms with Crippen molar-refractivity contribution in [3.05, 3.63) is 35.0 Å². The Kier molecular flexibility index (Phi) is 3.22. The highest BCUT2D eigenvalue weighted by Crippen LogP contribution is 2.25. The maximum Gasteiger partial charge on any atom is 0.0495 e. The summed E-state index contributed by atoms with van der Waals surface area (Å²) in [6, 6.07) is 6.25. The minimum absolute atomic E-state index is 0.237. The number of fused-ring (bicyclic) bond motifs is 1. The van der Waals surface area contributed by atoms with Crippen LogP contribution in [0.5, 0.6) is 0 Å². The van der Waals surface area contributed by atoms with Gasteiger partial charge < -0.3 is 10.3 Å². The van der Waals surface area contributed by atoms with E-state index >= 15 is 0 Å². The van der Waals surface area contributed by atoms with Crippen LogP contribution < -0.4 is 5.73 Å². The fourth-order valence-corrected chi connectivity index (χ4v) is 2.20. The Morgan fingerprint density at radius 3 is 2.88 bits per heavy atom. The number of nitrogens with zero attached hydrogens (tertiary/aromatic N) is 1. The fourth-order valence-electron chi connectivity index (χ4n) is 2.03. The van der Waals surface area contributed by atoms with Gasteiger partial charge in [0.2, 0.25) is 0 Å². The van der Waals surface area contributed by atoms with Crippen molar-refractivity contribution < 1.29 is 0 Å². The lowest BCUT2D eigenvalue weighted by Crippen LogP contribution is -2.21. The largest absolute Gasteiger partial charge is 0.350 e. The van der Waals surface area contributed by atoms with Crippen molar-refractivity contribution >= 4 is 22.5 Å². The third kappa shape index (κ3) is 2.08. The summed E-state index contributed by atoms with van der Waals surface area (Å²) in [5, 5.41) is 2.04. The molecule has 0 aliphatic heterocycles. The van der Waals surface area contributed by atoms with E-state index in [9.17, 15) is 0 Å². The number of rotatable bonds is 3. The molecular formula is C13H17ClN2. The Labute approximate surface area is 101 Å². The minimum atomic E-state index is 0.237. The molecule has 16 heavy (non-hydrogen) atoms. The minimum Gasteiger partial charge on any atom is -0.350 e. The molecule has 2 aromatic rings. The van der Waals surface area contributed by atoms with Gasteiger partial charge >= 0.3 is 0 Å². The highest BCUT2D eigenvalue weighted by Gasteiger charge is 2.09. The molecule has 0 saturated heterocycles. The van der Waals surface area contributed by atoms with Gasteiger partial charge in [-0.2, -0.15) is 0 Å². The van der Waals surface area contributed by atoms with Crippen LogP contribution in [0.25, 0.3) is 10.9 Å². The molecule has 0 radical (unpaired) electrons. The molecule has 0 saturated carbocycles. The highest BCUT2D eigenvalue weighted by atomic mass is 35.5. The molecule has 86 valence electrons. The van der Waals surface area contributed by atoms with E-state index in [0.717, 1.165) is 17.9 Å². The standard InChI is InChI=1S/C13H17ClN2/c1-3-11(15)6-9-8-16(2)13-7-10(14)4-5-12(9)13/h4-5,7-8,11H,3,6,15H2,1-2H3. The number of halogens is 1. The molecule has 2 rings (SSSR count). The smallest absolute Gasteiger partial charge is 0.0495 e. The van der Waals surface area contributed by atoms with Gasteiger partial charge in [0, 0.05) is 35.2 Å². The number of hydrogen-bond donors (Lipinski definition) is 1. The van der Waals surface area contributed by atoms with E-state index in [2.05, 4.69) is 23.8 Å². The molecule has 1 unspecified atom stereocenters. The van der Waals surface area contributed by atoms with Crippen molar-refractivity contribution in [1.82, 2.24) is 4.57 Å². The van der Waals surface area contributed by atoms with Crippen LogP contribution in [-0.2, 0) is 13.5 Å². The molecule has 0 bridgehead atoms. The Hall–Kier alpha value is -0.990. The van der Waals surface area contributed by atoms with Crippen LogP contribution in [0.1, 0.15) is 18.9 Å². The van der Waals surface area contributed by atoms with Crippen LogP contribution in [-0.4, -0.2) is 10.6 Å². The Morgan fingerprint density at radius 2 is 2.19 bits per heavy atom. The summed E-state index contributed by atoms with van der Waals surface area (Å²) < 4.78 is 2.11. The highest BCUT2D eigenvalue weighted by molar-refractivity contribution is 6.31. The summed E-state index contributed by atoms with van der Waals surface area (Å²) in [5.41, 5.74) is 8.48. The van der Waals surface area contributed by atoms with E-state index in [0.29, 0.717) is 0 Å². The van der Waals surface area contributed by atoms with Crippen LogP contribution in [0.4, 0.5) is 0 Å². The first-order valence-corrected chi connectivity index (χ1v) is 5.98. The topological polar surface area (TPSA) is 30.9 Å². The van der Waals surface area contributed by atoms with Gasteiger partial charge in [-0.15, -0.1) is 0 Å². The zero-order chi connectivity index (χ0) is 11.7. The van der Waals surface area contributed by atoms with E-state index in [1.54, 1.807) is 0 Å². The summed E-state index contributed by atoms with van der Waals surface area (Å²) >= 11 is 5.99. The summed E-state index contributed by atoms with van der Waals surface area (Å²) in [6.45, 7) is 2.12. The summed E-state index contributed by atoms with van der Waals surface area (Å²) in [7, 11) is 2.04. The van der Waals surface area contributed by atoms with E-state index in [1.807, 2.05) is 19.2 Å². The van der Waals surface area contributed by atoms with E-state index in [1.165, 1.54) is 16.5 Å². The van der Waals surface area contributed by atoms with Crippen molar-refractivity contribution in [1.29, 1.82) is 0 Å². The first kappa shape index (κ1) is 11.5. The zero-order valence-corrected chi connectivity index (χ0v) is 10.5. The quantitative estimate of drug-likeness (QED) is 0.872. The number of hydrogen-bond acceptors (Lipinski definition) is 1. The second kappa shape index (κ2) is 4.48. The molecule has 1 heterocycles. The average molecular weight is 237 g/mol. The second-order valence-electron chi connectivity index (χ2n) is 4.30. The first-order chi connectivity index (χ1) is 7.61. The third-order valence-corrected chi connectivity index (χ3v) is 3.28. The van der Waals surface area contributed by atoms with Crippen LogP contribution in [0.3, 0.4) is 0 Å². The molecule has 0 spiro atoms. The Morgan fingerprint density at radius 1 is 1.44 bits per heavy atom. The van der Waals surface area contributed by atoms with Gasteiger partial charge in [-0.3, -0.25) is 0 Å². The Balaban J connectivity index is 2.47. The van der Waals surface area contributed by atoms with E-state index < -0.39 is 0 Å². The predicted octanol–water partition coefficient (Wildman–Crippen LogP) is 3.11. The van der Waals surface area contributed by atoms with Crippen molar-refractivity contribution in [2.45, 2.75) is 25.8 Å². The second-order valence-corrected chi connectivity index (χ2v) is 4.74. The lowest BCUT2D eigenvalue weighted by molar-refractivity contribution is 0.647. The van der Waals surface area contributed by atoms with E-state index in [4.69, 9.17) is 17.3 Å². The lowest BCUT2D eigenvalue weighted by atomic mass is 10.0. The van der Waals surface area contributed by atoms with Crippen LogP contribution in [0, 0.1) is 0 Å². The number of aromatic nitrogens is 1. The van der Waals surface area contributed by atoms with Gasteiger partial charge in [0.1, 0.15) is 0 Å². The van der Waals surface area contributed by atoms with Crippen LogP contribution >= 0.6 is 11.6 Å². The maximum absolute atomic E-state index is 6.00. The van der Waals surface area contributed by atoms with Gasteiger partial charge in [-0.25, -0.2) is 0 Å². The SMILES string of the molecule is CCC(N)Cc1cn(C)c2cc(Cl)ccc12. The molecule has 2 nitrogen and oxygen atoms in total. The van der Waals surface area contributed by atoms with Crippen molar-refractivity contribution in [3.8, 4) is 0 Å². The van der Waals surface area contributed by atoms with Gasteiger partial charge in [0.05, 0.1) is 0 Å². The zero-order valence-electron chi connectivity index (χ0n) is 9.70. The molecule has 0 fully saturated rings. The first-order valence-electron chi connectivity index (χ1n) is 5.61. The molecule has 1 aromatic carbocycles. The van der Waals surface area contributed by atoms with Gasteiger partial charge in [-0.1, -0.05) is 24.6 Å². The molecule has 2 N–H and O–H groups in total. The molecule has 1 aromatic heterocycles. The average Bonchev–Trinajstić information content (AvgIpc) is 2.55. The van der Waals surface area contributed by atoms with Crippen LogP contribution in [0.15, 0.2) is 24.4 Å². The number of aryl methyl sites for hydroxylation is 1. The van der Waals surface area contributed by atoms with Gasteiger partial charge in [0.25, 0.3) is 0 Å². The van der Waals surface area contributed by atoms with Crippen molar-refractivity contribution in [2.24, 2.45) is 12.8 Å². The fraction of sp³-hybridized carbons (Fsp3) is 0.385. The van der Waals surface area contributed by atoms with Crippen LogP contribution in [0.2, 0.25) is 5.02 Å². The van der Waals surface area contributed by atoms with Gasteiger partial charge in [0.15, 0.2) is 0 Å². The third-order valence-electron chi connectivity index (χ3n) is 3.04. The van der Waals surface area contributed by atoms with Crippen molar-refractivity contribution in [3.63, 3.8) is 0 Å². The van der Waals surface area contributed by atoms with Crippen molar-refractivity contribution in [2.75, 3.05) is 0 Å². The Bertz CT molecular complexity index is 502. The number of nitrogens with two attached hydrogens (primary N) is 1. The van der Waals surface area contributed by atoms with Gasteiger partial charge in [-0.05, 0) is 30.5 Å². The monoisotopic (exact) mass is 236 g/mol. The molecule has 0 aliphatic rings. The summed E-state index contributed by atoms with van der Waals surface area (Å²) in [5.74, 6) is 0. The maximum atomic E-state index is 6.00.